The summed E-state index contributed by atoms with van der Waals surface area (Å²) in [6.07, 6.45) is 1.06. The lowest BCUT2D eigenvalue weighted by Gasteiger charge is -2.18. The van der Waals surface area contributed by atoms with E-state index in [1.54, 1.807) is 6.07 Å². The van der Waals surface area contributed by atoms with Gasteiger partial charge < -0.3 is 10.3 Å². The molecule has 0 unspecified atom stereocenters. The van der Waals surface area contributed by atoms with Gasteiger partial charge in [-0.25, -0.2) is 0 Å². The molecule has 0 fully saturated rings. The Morgan fingerprint density at radius 3 is 2.29 bits per heavy atom. The first kappa shape index (κ1) is 11.7. The zero-order valence-electron chi connectivity index (χ0n) is 10.5. The van der Waals surface area contributed by atoms with Crippen LogP contribution in [0.5, 0.6) is 0 Å². The number of nitrogens with two attached hydrogens (primary N) is 1. The number of nitrogens with zero attached hydrogens (tertiary/aromatic N) is 1. The summed E-state index contributed by atoms with van der Waals surface area (Å²) in [5, 5.41) is 3.89. The molecule has 0 aliphatic carbocycles. The quantitative estimate of drug-likeness (QED) is 0.858. The molecule has 1 aromatic heterocycles. The van der Waals surface area contributed by atoms with E-state index >= 15 is 0 Å². The molecule has 2 N–H and O–H groups in total. The Morgan fingerprint density at radius 1 is 1.18 bits per heavy atom. The predicted molar refractivity (Wildman–Crippen MR) is 69.5 cm³/mol. The van der Waals surface area contributed by atoms with Gasteiger partial charge >= 0.3 is 0 Å². The van der Waals surface area contributed by atoms with Crippen LogP contribution >= 0.6 is 0 Å². The van der Waals surface area contributed by atoms with Gasteiger partial charge in [0, 0.05) is 11.6 Å². The largest absolute Gasteiger partial charge is 0.368 e. The van der Waals surface area contributed by atoms with Gasteiger partial charge in [-0.1, -0.05) is 50.2 Å². The maximum Gasteiger partial charge on any atom is 0.222 e. The smallest absolute Gasteiger partial charge is 0.222 e. The molecule has 90 valence electrons. The minimum Gasteiger partial charge on any atom is -0.368 e. The van der Waals surface area contributed by atoms with Crippen LogP contribution in [0, 0.1) is 5.41 Å². The molecule has 0 aliphatic rings. The van der Waals surface area contributed by atoms with Crippen LogP contribution in [0.15, 0.2) is 34.9 Å². The highest BCUT2D eigenvalue weighted by Gasteiger charge is 2.11. The molecule has 2 aromatic rings. The second kappa shape index (κ2) is 4.24. The third-order valence-corrected chi connectivity index (χ3v) is 2.51. The Morgan fingerprint density at radius 2 is 1.82 bits per heavy atom. The van der Waals surface area contributed by atoms with Crippen molar-refractivity contribution in [3.05, 3.63) is 35.9 Å². The second-order valence-corrected chi connectivity index (χ2v) is 5.55. The maximum absolute atomic E-state index is 5.50. The molecular formula is C14H18N2O. The van der Waals surface area contributed by atoms with Crippen LogP contribution in [0.25, 0.3) is 11.3 Å². The van der Waals surface area contributed by atoms with E-state index < -0.39 is 0 Å². The third kappa shape index (κ3) is 3.09. The number of aromatic nitrogens is 1. The van der Waals surface area contributed by atoms with Crippen molar-refractivity contribution in [2.24, 2.45) is 5.41 Å². The number of hydrogen-bond donors (Lipinski definition) is 1. The molecule has 3 heteroatoms. The van der Waals surface area contributed by atoms with E-state index in [0.29, 0.717) is 11.3 Å². The Bertz CT molecular complexity index is 492. The third-order valence-electron chi connectivity index (χ3n) is 2.51. The van der Waals surface area contributed by atoms with E-state index in [1.807, 2.05) is 0 Å². The fourth-order valence-electron chi connectivity index (χ4n) is 1.83. The van der Waals surface area contributed by atoms with E-state index in [0.717, 1.165) is 17.7 Å². The highest BCUT2D eigenvalue weighted by atomic mass is 16.5. The van der Waals surface area contributed by atoms with Crippen molar-refractivity contribution in [3.63, 3.8) is 0 Å². The number of hydrogen-bond acceptors (Lipinski definition) is 3. The Balaban J connectivity index is 2.19. The minimum absolute atomic E-state index is 0.305. The number of anilines is 1. The number of nitrogen functional groups attached to an aromatic ring is 1. The molecule has 1 aromatic carbocycles. The van der Waals surface area contributed by atoms with Gasteiger partial charge in [-0.15, -0.1) is 0 Å². The van der Waals surface area contributed by atoms with Crippen LogP contribution in [0.3, 0.4) is 0 Å². The lowest BCUT2D eigenvalue weighted by Crippen LogP contribution is -2.08. The summed E-state index contributed by atoms with van der Waals surface area (Å²) in [5.74, 6) is 0.346. The average Bonchev–Trinajstić information content (AvgIpc) is 2.63. The van der Waals surface area contributed by atoms with Gasteiger partial charge in [-0.3, -0.25) is 0 Å². The Hall–Kier alpha value is -1.77. The second-order valence-electron chi connectivity index (χ2n) is 5.55. The monoisotopic (exact) mass is 230 g/mol. The molecule has 0 amide bonds. The van der Waals surface area contributed by atoms with Gasteiger partial charge in [0.2, 0.25) is 5.88 Å². The summed E-state index contributed by atoms with van der Waals surface area (Å²) in [7, 11) is 0. The summed E-state index contributed by atoms with van der Waals surface area (Å²) >= 11 is 0. The Kier molecular flexibility index (Phi) is 2.92. The Labute approximate surface area is 102 Å². The van der Waals surface area contributed by atoms with Crippen LogP contribution in [0.4, 0.5) is 5.88 Å². The van der Waals surface area contributed by atoms with E-state index in [1.165, 1.54) is 5.56 Å². The van der Waals surface area contributed by atoms with Gasteiger partial charge in [0.25, 0.3) is 0 Å². The molecule has 17 heavy (non-hydrogen) atoms. The first-order chi connectivity index (χ1) is 7.94. The average molecular weight is 230 g/mol. The van der Waals surface area contributed by atoms with Crippen LogP contribution < -0.4 is 5.73 Å². The highest BCUT2D eigenvalue weighted by Crippen LogP contribution is 2.24. The van der Waals surface area contributed by atoms with Crippen molar-refractivity contribution in [3.8, 4) is 11.3 Å². The van der Waals surface area contributed by atoms with Gasteiger partial charge in [-0.2, -0.15) is 0 Å². The zero-order chi connectivity index (χ0) is 12.5. The molecule has 0 saturated carbocycles. The van der Waals surface area contributed by atoms with Gasteiger partial charge in [0.1, 0.15) is 5.69 Å². The topological polar surface area (TPSA) is 52.0 Å². The first-order valence-electron chi connectivity index (χ1n) is 5.75. The molecule has 0 saturated heterocycles. The van der Waals surface area contributed by atoms with Gasteiger partial charge in [0.05, 0.1) is 0 Å². The molecule has 0 radical (unpaired) electrons. The maximum atomic E-state index is 5.50. The van der Waals surface area contributed by atoms with Crippen molar-refractivity contribution in [2.75, 3.05) is 5.73 Å². The van der Waals surface area contributed by atoms with Crippen LogP contribution in [-0.2, 0) is 6.42 Å². The van der Waals surface area contributed by atoms with Crippen molar-refractivity contribution < 1.29 is 4.52 Å². The van der Waals surface area contributed by atoms with Crippen molar-refractivity contribution >= 4 is 5.88 Å². The number of rotatable bonds is 2. The fourth-order valence-corrected chi connectivity index (χ4v) is 1.83. The SMILES string of the molecule is CC(C)(C)Cc1ccc(-c2cc(N)on2)cc1. The molecule has 1 heterocycles. The minimum atomic E-state index is 0.305. The van der Waals surface area contributed by atoms with Gasteiger partial charge in [0.15, 0.2) is 0 Å². The molecule has 2 rings (SSSR count). The standard InChI is InChI=1S/C14H18N2O/c1-14(2,3)9-10-4-6-11(7-5-10)12-8-13(15)17-16-12/h4-8H,9,15H2,1-3H3. The van der Waals surface area contributed by atoms with Crippen LogP contribution in [-0.4, -0.2) is 5.16 Å². The summed E-state index contributed by atoms with van der Waals surface area (Å²) in [4.78, 5) is 0. The van der Waals surface area contributed by atoms with E-state index in [9.17, 15) is 0 Å². The molecule has 3 nitrogen and oxygen atoms in total. The summed E-state index contributed by atoms with van der Waals surface area (Å²) in [6, 6.07) is 10.1. The molecule has 0 aliphatic heterocycles. The van der Waals surface area contributed by atoms with E-state index in [2.05, 4.69) is 50.2 Å². The summed E-state index contributed by atoms with van der Waals surface area (Å²) < 4.78 is 4.86. The normalized spacial score (nSPS) is 11.7. The highest BCUT2D eigenvalue weighted by molar-refractivity contribution is 5.61. The lowest BCUT2D eigenvalue weighted by molar-refractivity contribution is 0.411. The summed E-state index contributed by atoms with van der Waals surface area (Å²) in [5.41, 5.74) is 8.95. The van der Waals surface area contributed by atoms with Crippen LogP contribution in [0.2, 0.25) is 0 Å². The van der Waals surface area contributed by atoms with Crippen LogP contribution in [0.1, 0.15) is 26.3 Å². The van der Waals surface area contributed by atoms with Crippen molar-refractivity contribution in [1.82, 2.24) is 5.16 Å². The van der Waals surface area contributed by atoms with Gasteiger partial charge in [-0.05, 0) is 17.4 Å². The van der Waals surface area contributed by atoms with E-state index in [4.69, 9.17) is 10.3 Å². The fraction of sp³-hybridized carbons (Fsp3) is 0.357. The molecule has 0 atom stereocenters. The lowest BCUT2D eigenvalue weighted by atomic mass is 9.88. The molecule has 0 spiro atoms. The number of benzene rings is 1. The summed E-state index contributed by atoms with van der Waals surface area (Å²) in [6.45, 7) is 6.71. The van der Waals surface area contributed by atoms with Crippen molar-refractivity contribution in [2.45, 2.75) is 27.2 Å². The molecule has 0 bridgehead atoms. The predicted octanol–water partition coefficient (Wildman–Crippen LogP) is 3.51. The zero-order valence-corrected chi connectivity index (χ0v) is 10.5. The van der Waals surface area contributed by atoms with E-state index in [-0.39, 0.29) is 0 Å². The first-order valence-corrected chi connectivity index (χ1v) is 5.75. The molecular weight excluding hydrogens is 212 g/mol. The van der Waals surface area contributed by atoms with Crippen molar-refractivity contribution in [1.29, 1.82) is 0 Å².